The summed E-state index contributed by atoms with van der Waals surface area (Å²) < 4.78 is 22.0. The Hall–Kier alpha value is 2.31. The Morgan fingerprint density at radius 1 is 0.833 bits per heavy atom. The SMILES string of the molecule is Brc1ccc2c(c1)C(CCCOSI)(CCCOSI)c1c-2n(CCCOSI)c2cc(I)ccc12. The van der Waals surface area contributed by atoms with E-state index in [4.69, 9.17) is 12.5 Å². The van der Waals surface area contributed by atoms with Crippen LogP contribution in [0.2, 0.25) is 0 Å². The molecule has 0 radical (unpaired) electrons. The molecule has 3 aromatic rings. The molecule has 0 fully saturated rings. The highest BCUT2D eigenvalue weighted by Gasteiger charge is 2.46. The number of hydrogen-bond donors (Lipinski definition) is 0. The molecule has 0 atom stereocenters. The first-order chi connectivity index (χ1) is 17.6. The summed E-state index contributed by atoms with van der Waals surface area (Å²) in [5.41, 5.74) is 6.89. The number of fused-ring (bicyclic) bond motifs is 5. The van der Waals surface area contributed by atoms with Gasteiger partial charge < -0.3 is 17.1 Å². The van der Waals surface area contributed by atoms with Gasteiger partial charge in [-0.15, -0.1) is 0 Å². The third-order valence-corrected chi connectivity index (χ3v) is 10.9. The molecule has 0 spiro atoms. The van der Waals surface area contributed by atoms with Gasteiger partial charge in [-0.1, -0.05) is 28.1 Å². The Morgan fingerprint density at radius 2 is 1.47 bits per heavy atom. The van der Waals surface area contributed by atoms with Crippen molar-refractivity contribution in [3.05, 3.63) is 55.6 Å². The van der Waals surface area contributed by atoms with E-state index in [1.54, 1.807) is 0 Å². The molecule has 1 aromatic heterocycles. The van der Waals surface area contributed by atoms with Crippen LogP contribution in [0.25, 0.3) is 22.2 Å². The van der Waals surface area contributed by atoms with Crippen molar-refractivity contribution >= 4 is 141 Å². The molecule has 0 saturated heterocycles. The minimum atomic E-state index is -0.0854. The normalized spacial score (nSPS) is 13.9. The van der Waals surface area contributed by atoms with Crippen LogP contribution in [0.3, 0.4) is 0 Å². The van der Waals surface area contributed by atoms with E-state index in [0.29, 0.717) is 0 Å². The van der Waals surface area contributed by atoms with Crippen LogP contribution in [-0.4, -0.2) is 24.4 Å². The molecular formula is C24H24BrI4NO3S3. The van der Waals surface area contributed by atoms with Gasteiger partial charge >= 0.3 is 0 Å². The molecule has 196 valence electrons. The van der Waals surface area contributed by atoms with Crippen LogP contribution in [0.5, 0.6) is 0 Å². The van der Waals surface area contributed by atoms with Crippen molar-refractivity contribution in [3.8, 4) is 11.3 Å². The van der Waals surface area contributed by atoms with Crippen molar-refractivity contribution in [3.63, 3.8) is 0 Å². The lowest BCUT2D eigenvalue weighted by Crippen LogP contribution is -2.26. The lowest BCUT2D eigenvalue weighted by molar-refractivity contribution is 0.304. The zero-order chi connectivity index (χ0) is 25.5. The second-order valence-electron chi connectivity index (χ2n) is 8.52. The molecular weight excluding hydrogens is 1030 g/mol. The monoisotopic (exact) mass is 1060 g/mol. The van der Waals surface area contributed by atoms with Gasteiger partial charge in [0.2, 0.25) is 0 Å². The number of aromatic nitrogens is 1. The molecule has 4 rings (SSSR count). The number of hydrogen-bond acceptors (Lipinski definition) is 6. The van der Waals surface area contributed by atoms with Gasteiger partial charge in [0.05, 0.1) is 53.2 Å². The molecule has 4 nitrogen and oxygen atoms in total. The Morgan fingerprint density at radius 3 is 2.11 bits per heavy atom. The molecule has 0 unspecified atom stereocenters. The molecule has 1 aliphatic carbocycles. The third-order valence-electron chi connectivity index (χ3n) is 6.66. The minimum absolute atomic E-state index is 0.0854. The topological polar surface area (TPSA) is 32.6 Å². The van der Waals surface area contributed by atoms with Gasteiger partial charge in [-0.3, -0.25) is 0 Å². The predicted octanol–water partition coefficient (Wildman–Crippen LogP) is 11.3. The fraction of sp³-hybridized carbons (Fsp3) is 0.417. The summed E-state index contributed by atoms with van der Waals surface area (Å²) in [6.07, 6.45) is 5.05. The van der Waals surface area contributed by atoms with E-state index in [2.05, 4.69) is 143 Å². The van der Waals surface area contributed by atoms with Gasteiger partial charge in [0.15, 0.2) is 0 Å². The standard InChI is InChI=1S/C24H24BrI4NO3S3/c25-16-4-6-18-20(14-16)24(8-1-11-31-34-27,9-2-12-32-35-28)22-19-7-5-17(26)15-21(19)30(23(18)22)10-3-13-33-36-29/h4-7,14-15H,1-3,8-13H2. The van der Waals surface area contributed by atoms with Gasteiger partial charge in [0.25, 0.3) is 0 Å². The van der Waals surface area contributed by atoms with E-state index >= 15 is 0 Å². The maximum Gasteiger partial charge on any atom is 0.0650 e. The molecule has 1 heterocycles. The van der Waals surface area contributed by atoms with Crippen LogP contribution in [0.1, 0.15) is 43.2 Å². The predicted molar refractivity (Wildman–Crippen MR) is 194 cm³/mol. The summed E-state index contributed by atoms with van der Waals surface area (Å²) in [4.78, 5) is 0. The van der Waals surface area contributed by atoms with Crippen molar-refractivity contribution in [2.45, 2.75) is 44.1 Å². The van der Waals surface area contributed by atoms with Crippen LogP contribution in [0.4, 0.5) is 0 Å². The van der Waals surface area contributed by atoms with Crippen LogP contribution < -0.4 is 0 Å². The van der Waals surface area contributed by atoms with Gasteiger partial charge in [0, 0.05) is 100 Å². The molecule has 0 bridgehead atoms. The summed E-state index contributed by atoms with van der Waals surface area (Å²) >= 11 is 12.8. The third kappa shape index (κ3) is 7.02. The van der Waals surface area contributed by atoms with E-state index < -0.39 is 0 Å². The van der Waals surface area contributed by atoms with Gasteiger partial charge in [-0.25, -0.2) is 0 Å². The largest absolute Gasteiger partial charge is 0.340 e. The average Bonchev–Trinajstić information content (AvgIpc) is 3.33. The maximum atomic E-state index is 5.71. The Bertz CT molecular complexity index is 1170. The molecule has 12 heteroatoms. The van der Waals surface area contributed by atoms with Gasteiger partial charge in [0.1, 0.15) is 0 Å². The smallest absolute Gasteiger partial charge is 0.0650 e. The quantitative estimate of drug-likeness (QED) is 0.0857. The molecule has 36 heavy (non-hydrogen) atoms. The molecule has 2 aromatic carbocycles. The lowest BCUT2D eigenvalue weighted by Gasteiger charge is -2.32. The van der Waals surface area contributed by atoms with E-state index in [0.717, 1.165) is 62.9 Å². The number of nitrogens with zero attached hydrogens (tertiary/aromatic N) is 1. The Balaban J connectivity index is 1.89. The van der Waals surface area contributed by atoms with Crippen molar-refractivity contribution < 1.29 is 12.5 Å². The van der Waals surface area contributed by atoms with Crippen LogP contribution in [-0.2, 0) is 24.5 Å². The molecule has 0 N–H and O–H groups in total. The van der Waals surface area contributed by atoms with E-state index in [1.807, 2.05) is 0 Å². The Kier molecular flexibility index (Phi) is 13.5. The fourth-order valence-corrected chi connectivity index (χ4v) is 8.46. The number of benzene rings is 2. The number of aryl methyl sites for hydroxylation is 1. The zero-order valence-electron chi connectivity index (χ0n) is 19.1. The summed E-state index contributed by atoms with van der Waals surface area (Å²) in [6.45, 7) is 3.16. The maximum absolute atomic E-state index is 5.71. The van der Waals surface area contributed by atoms with Crippen molar-refractivity contribution in [1.29, 1.82) is 0 Å². The van der Waals surface area contributed by atoms with E-state index in [-0.39, 0.29) is 5.41 Å². The van der Waals surface area contributed by atoms with Crippen molar-refractivity contribution in [1.82, 2.24) is 4.57 Å². The van der Waals surface area contributed by atoms with Gasteiger partial charge in [-0.05, 0) is 90.1 Å². The first-order valence-corrected chi connectivity index (χ1v) is 23.1. The summed E-state index contributed by atoms with van der Waals surface area (Å²) in [7, 11) is 4.26. The van der Waals surface area contributed by atoms with Gasteiger partial charge in [-0.2, -0.15) is 0 Å². The first kappa shape index (κ1) is 31.3. The summed E-state index contributed by atoms with van der Waals surface area (Å²) in [6, 6.07) is 13.8. The number of rotatable bonds is 15. The average molecular weight is 1060 g/mol. The first-order valence-electron chi connectivity index (χ1n) is 11.4. The lowest BCUT2D eigenvalue weighted by atomic mass is 9.71. The molecule has 1 aliphatic rings. The Labute approximate surface area is 284 Å². The van der Waals surface area contributed by atoms with Crippen LogP contribution in [0.15, 0.2) is 40.9 Å². The second kappa shape index (κ2) is 15.5. The highest BCUT2D eigenvalue weighted by Crippen LogP contribution is 2.57. The van der Waals surface area contributed by atoms with Crippen LogP contribution >= 0.6 is 130 Å². The molecule has 0 amide bonds. The zero-order valence-corrected chi connectivity index (χ0v) is 31.8. The number of halogens is 5. The molecule has 0 aliphatic heterocycles. The highest BCUT2D eigenvalue weighted by molar-refractivity contribution is 14.2. The summed E-state index contributed by atoms with van der Waals surface area (Å²) in [5.74, 6) is 0. The van der Waals surface area contributed by atoms with E-state index in [9.17, 15) is 0 Å². The fourth-order valence-electron chi connectivity index (χ4n) is 5.46. The molecule has 0 saturated carbocycles. The minimum Gasteiger partial charge on any atom is -0.340 e. The van der Waals surface area contributed by atoms with E-state index in [1.165, 1.54) is 64.5 Å². The highest BCUT2D eigenvalue weighted by atomic mass is 127. The summed E-state index contributed by atoms with van der Waals surface area (Å²) in [5, 5.41) is 1.37. The van der Waals surface area contributed by atoms with Crippen LogP contribution in [0, 0.1) is 3.57 Å². The van der Waals surface area contributed by atoms with Crippen molar-refractivity contribution in [2.75, 3.05) is 19.8 Å². The second-order valence-corrected chi connectivity index (χ2v) is 15.0. The van der Waals surface area contributed by atoms with Crippen molar-refractivity contribution in [2.24, 2.45) is 0 Å².